The molecule has 0 aliphatic rings. The molecule has 1 heterocycles. The molecular weight excluding hydrogens is 318 g/mol. The van der Waals surface area contributed by atoms with E-state index in [4.69, 9.17) is 10.8 Å². The smallest absolute Gasteiger partial charge is 0.100 e. The molecule has 4 aromatic rings. The lowest BCUT2D eigenvalue weighted by Crippen LogP contribution is -2.02. The monoisotopic (exact) mass is 341 g/mol. The highest BCUT2D eigenvalue weighted by Gasteiger charge is 2.15. The van der Waals surface area contributed by atoms with E-state index in [9.17, 15) is 0 Å². The third-order valence-electron chi connectivity index (χ3n) is 4.74. The number of fused-ring (bicyclic) bond motifs is 1. The first kappa shape index (κ1) is 16.6. The molecule has 0 saturated carbocycles. The van der Waals surface area contributed by atoms with E-state index in [0.717, 1.165) is 22.3 Å². The average Bonchev–Trinajstić information content (AvgIpc) is 3.08. The van der Waals surface area contributed by atoms with Crippen LogP contribution < -0.4 is 5.73 Å². The van der Waals surface area contributed by atoms with Gasteiger partial charge in [-0.05, 0) is 48.7 Å². The molecule has 0 unspecified atom stereocenters. The maximum Gasteiger partial charge on any atom is 0.100 e. The van der Waals surface area contributed by atoms with Crippen molar-refractivity contribution in [3.8, 4) is 22.4 Å². The molecular formula is C23H23N3. The summed E-state index contributed by atoms with van der Waals surface area (Å²) in [5.74, 6) is 0. The van der Waals surface area contributed by atoms with Gasteiger partial charge in [-0.1, -0.05) is 54.6 Å². The van der Waals surface area contributed by atoms with Crippen molar-refractivity contribution >= 4 is 10.9 Å². The van der Waals surface area contributed by atoms with Crippen LogP contribution in [0, 0.1) is 0 Å². The van der Waals surface area contributed by atoms with Gasteiger partial charge in [-0.15, -0.1) is 0 Å². The number of nitrogens with two attached hydrogens (primary N) is 1. The zero-order valence-electron chi connectivity index (χ0n) is 15.2. The van der Waals surface area contributed by atoms with Crippen molar-refractivity contribution in [1.82, 2.24) is 9.78 Å². The van der Waals surface area contributed by atoms with Crippen LogP contribution in [0.2, 0.25) is 0 Å². The molecule has 2 N–H and O–H groups in total. The highest BCUT2D eigenvalue weighted by Crippen LogP contribution is 2.33. The van der Waals surface area contributed by atoms with Crippen molar-refractivity contribution in [3.05, 3.63) is 78.4 Å². The maximum atomic E-state index is 5.81. The number of aromatic nitrogens is 2. The SMILES string of the molecule is CC(C)n1nc(-c2ccccc2)c2cc(-c3cccc(CN)c3)ccc21. The van der Waals surface area contributed by atoms with Gasteiger partial charge in [0.05, 0.1) is 5.52 Å². The Morgan fingerprint density at radius 3 is 2.31 bits per heavy atom. The first-order chi connectivity index (χ1) is 12.7. The molecule has 0 amide bonds. The van der Waals surface area contributed by atoms with Gasteiger partial charge in [-0.25, -0.2) is 0 Å². The molecule has 0 fully saturated rings. The van der Waals surface area contributed by atoms with Crippen LogP contribution in [-0.2, 0) is 6.54 Å². The summed E-state index contributed by atoms with van der Waals surface area (Å²) in [6, 6.07) is 25.7. The Balaban J connectivity index is 1.94. The van der Waals surface area contributed by atoms with Gasteiger partial charge in [0.25, 0.3) is 0 Å². The molecule has 4 rings (SSSR count). The van der Waals surface area contributed by atoms with E-state index in [1.165, 1.54) is 16.5 Å². The summed E-state index contributed by atoms with van der Waals surface area (Å²) in [4.78, 5) is 0. The van der Waals surface area contributed by atoms with Crippen LogP contribution >= 0.6 is 0 Å². The number of nitrogens with zero attached hydrogens (tertiary/aromatic N) is 2. The summed E-state index contributed by atoms with van der Waals surface area (Å²) in [6.45, 7) is 4.89. The molecule has 3 aromatic carbocycles. The van der Waals surface area contributed by atoms with Crippen molar-refractivity contribution < 1.29 is 0 Å². The fraction of sp³-hybridized carbons (Fsp3) is 0.174. The van der Waals surface area contributed by atoms with Crippen molar-refractivity contribution in [1.29, 1.82) is 0 Å². The van der Waals surface area contributed by atoms with Gasteiger partial charge in [0.2, 0.25) is 0 Å². The van der Waals surface area contributed by atoms with E-state index in [0.29, 0.717) is 12.6 Å². The number of rotatable bonds is 4. The van der Waals surface area contributed by atoms with Crippen molar-refractivity contribution in [2.24, 2.45) is 5.73 Å². The zero-order valence-corrected chi connectivity index (χ0v) is 15.2. The molecule has 0 aliphatic heterocycles. The quantitative estimate of drug-likeness (QED) is 0.539. The largest absolute Gasteiger partial charge is 0.326 e. The van der Waals surface area contributed by atoms with E-state index in [2.05, 4.69) is 85.3 Å². The summed E-state index contributed by atoms with van der Waals surface area (Å²) in [5.41, 5.74) is 12.7. The Morgan fingerprint density at radius 2 is 1.58 bits per heavy atom. The van der Waals surface area contributed by atoms with Crippen LogP contribution in [0.25, 0.3) is 33.3 Å². The molecule has 0 saturated heterocycles. The molecule has 0 radical (unpaired) electrons. The number of benzene rings is 3. The molecule has 3 heteroatoms. The molecule has 0 aliphatic carbocycles. The molecule has 1 aromatic heterocycles. The molecule has 0 spiro atoms. The van der Waals surface area contributed by atoms with Gasteiger partial charge in [0.15, 0.2) is 0 Å². The molecule has 3 nitrogen and oxygen atoms in total. The molecule has 0 bridgehead atoms. The minimum absolute atomic E-state index is 0.307. The van der Waals surface area contributed by atoms with E-state index in [1.54, 1.807) is 0 Å². The second-order valence-electron chi connectivity index (χ2n) is 6.89. The van der Waals surface area contributed by atoms with E-state index in [1.807, 2.05) is 6.07 Å². The predicted octanol–water partition coefficient (Wildman–Crippen LogP) is 5.41. The average molecular weight is 341 g/mol. The van der Waals surface area contributed by atoms with Crippen LogP contribution in [-0.4, -0.2) is 9.78 Å². The summed E-state index contributed by atoms with van der Waals surface area (Å²) < 4.78 is 2.11. The van der Waals surface area contributed by atoms with E-state index >= 15 is 0 Å². The van der Waals surface area contributed by atoms with Gasteiger partial charge in [0.1, 0.15) is 5.69 Å². The van der Waals surface area contributed by atoms with Crippen molar-refractivity contribution in [3.63, 3.8) is 0 Å². The van der Waals surface area contributed by atoms with Crippen LogP contribution in [0.15, 0.2) is 72.8 Å². The zero-order chi connectivity index (χ0) is 18.1. The molecule has 26 heavy (non-hydrogen) atoms. The highest BCUT2D eigenvalue weighted by atomic mass is 15.3. The van der Waals surface area contributed by atoms with Gasteiger partial charge in [-0.3, -0.25) is 4.68 Å². The topological polar surface area (TPSA) is 43.8 Å². The van der Waals surface area contributed by atoms with E-state index in [-0.39, 0.29) is 0 Å². The van der Waals surface area contributed by atoms with Gasteiger partial charge < -0.3 is 5.73 Å². The standard InChI is InChI=1S/C23H23N3/c1-16(2)26-22-12-11-20(19-10-6-7-17(13-19)15-24)14-21(22)23(25-26)18-8-4-3-5-9-18/h3-14,16H,15,24H2,1-2H3. The Morgan fingerprint density at radius 1 is 0.846 bits per heavy atom. The lowest BCUT2D eigenvalue weighted by Gasteiger charge is -2.08. The Labute approximate surface area is 154 Å². The fourth-order valence-electron chi connectivity index (χ4n) is 3.40. The van der Waals surface area contributed by atoms with Crippen LogP contribution in [0.5, 0.6) is 0 Å². The van der Waals surface area contributed by atoms with Crippen LogP contribution in [0.4, 0.5) is 0 Å². The summed E-state index contributed by atoms with van der Waals surface area (Å²) in [5, 5.41) is 6.11. The first-order valence-corrected chi connectivity index (χ1v) is 9.04. The Hall–Kier alpha value is -2.91. The minimum atomic E-state index is 0.307. The number of hydrogen-bond donors (Lipinski definition) is 1. The van der Waals surface area contributed by atoms with Gasteiger partial charge in [-0.2, -0.15) is 5.10 Å². The number of hydrogen-bond acceptors (Lipinski definition) is 2. The summed E-state index contributed by atoms with van der Waals surface area (Å²) in [6.07, 6.45) is 0. The fourth-order valence-corrected chi connectivity index (χ4v) is 3.40. The molecule has 130 valence electrons. The van der Waals surface area contributed by atoms with Gasteiger partial charge in [0, 0.05) is 23.5 Å². The van der Waals surface area contributed by atoms with Crippen LogP contribution in [0.3, 0.4) is 0 Å². The highest BCUT2D eigenvalue weighted by molar-refractivity contribution is 5.96. The van der Waals surface area contributed by atoms with Gasteiger partial charge >= 0.3 is 0 Å². The summed E-state index contributed by atoms with van der Waals surface area (Å²) in [7, 11) is 0. The lowest BCUT2D eigenvalue weighted by atomic mass is 9.99. The maximum absolute atomic E-state index is 5.81. The van der Waals surface area contributed by atoms with Crippen molar-refractivity contribution in [2.45, 2.75) is 26.4 Å². The predicted molar refractivity (Wildman–Crippen MR) is 109 cm³/mol. The molecule has 0 atom stereocenters. The minimum Gasteiger partial charge on any atom is -0.326 e. The summed E-state index contributed by atoms with van der Waals surface area (Å²) >= 11 is 0. The second kappa shape index (κ2) is 6.77. The first-order valence-electron chi connectivity index (χ1n) is 9.04. The normalized spacial score (nSPS) is 11.4. The third kappa shape index (κ3) is 2.91. The lowest BCUT2D eigenvalue weighted by molar-refractivity contribution is 0.552. The van der Waals surface area contributed by atoms with Crippen LogP contribution in [0.1, 0.15) is 25.5 Å². The third-order valence-corrected chi connectivity index (χ3v) is 4.74. The Bertz CT molecular complexity index is 1050. The van der Waals surface area contributed by atoms with Crippen molar-refractivity contribution in [2.75, 3.05) is 0 Å². The second-order valence-corrected chi connectivity index (χ2v) is 6.89. The Kier molecular flexibility index (Phi) is 4.31. The van der Waals surface area contributed by atoms with E-state index < -0.39 is 0 Å².